The highest BCUT2D eigenvalue weighted by molar-refractivity contribution is 7.92. The maximum Gasteiger partial charge on any atom is 0.263 e. The second-order valence-electron chi connectivity index (χ2n) is 6.80. The van der Waals surface area contributed by atoms with Crippen LogP contribution < -0.4 is 14.8 Å². The molecule has 0 spiro atoms. The first kappa shape index (κ1) is 20.9. The monoisotopic (exact) mass is 454 g/mol. The molecule has 0 fully saturated rings. The van der Waals surface area contributed by atoms with Gasteiger partial charge in [0.1, 0.15) is 5.75 Å². The molecule has 0 amide bonds. The largest absolute Gasteiger partial charge is 0.495 e. The van der Waals surface area contributed by atoms with Crippen LogP contribution in [0.15, 0.2) is 71.6 Å². The van der Waals surface area contributed by atoms with Crippen molar-refractivity contribution in [2.45, 2.75) is 11.8 Å². The molecule has 31 heavy (non-hydrogen) atoms. The summed E-state index contributed by atoms with van der Waals surface area (Å²) in [4.78, 5) is 9.15. The summed E-state index contributed by atoms with van der Waals surface area (Å²) >= 11 is 5.88. The third-order valence-electron chi connectivity index (χ3n) is 4.53. The van der Waals surface area contributed by atoms with Gasteiger partial charge < -0.3 is 10.1 Å². The number of halogens is 1. The zero-order valence-electron chi connectivity index (χ0n) is 16.8. The number of fused-ring (bicyclic) bond motifs is 1. The van der Waals surface area contributed by atoms with Gasteiger partial charge in [-0.25, -0.2) is 18.4 Å². The Labute approximate surface area is 185 Å². The number of rotatable bonds is 6. The minimum atomic E-state index is -3.92. The van der Waals surface area contributed by atoms with Gasteiger partial charge in [0.05, 0.1) is 28.7 Å². The van der Waals surface area contributed by atoms with Gasteiger partial charge in [-0.05, 0) is 61.0 Å². The van der Waals surface area contributed by atoms with Crippen molar-refractivity contribution < 1.29 is 13.2 Å². The van der Waals surface area contributed by atoms with Crippen molar-refractivity contribution in [3.63, 3.8) is 0 Å². The average molecular weight is 455 g/mol. The zero-order chi connectivity index (χ0) is 22.0. The van der Waals surface area contributed by atoms with E-state index < -0.39 is 10.0 Å². The molecule has 0 saturated carbocycles. The summed E-state index contributed by atoms with van der Waals surface area (Å²) in [5.74, 6) is 0.907. The Morgan fingerprint density at radius 1 is 0.903 bits per heavy atom. The zero-order valence-corrected chi connectivity index (χ0v) is 18.3. The number of para-hydroxylation sites is 2. The Morgan fingerprint density at radius 2 is 1.55 bits per heavy atom. The van der Waals surface area contributed by atoms with Crippen LogP contribution in [0.3, 0.4) is 0 Å². The fourth-order valence-electron chi connectivity index (χ4n) is 3.01. The highest BCUT2D eigenvalue weighted by atomic mass is 35.5. The normalized spacial score (nSPS) is 11.3. The first-order chi connectivity index (χ1) is 14.9. The second-order valence-corrected chi connectivity index (χ2v) is 8.92. The van der Waals surface area contributed by atoms with E-state index in [-0.39, 0.29) is 16.5 Å². The van der Waals surface area contributed by atoms with Gasteiger partial charge >= 0.3 is 0 Å². The lowest BCUT2D eigenvalue weighted by Gasteiger charge is -2.16. The van der Waals surface area contributed by atoms with Crippen LogP contribution in [-0.4, -0.2) is 25.5 Å². The number of hydrogen-bond acceptors (Lipinski definition) is 6. The van der Waals surface area contributed by atoms with Crippen LogP contribution in [0, 0.1) is 6.92 Å². The number of benzene rings is 3. The van der Waals surface area contributed by atoms with Crippen LogP contribution in [-0.2, 0) is 10.0 Å². The van der Waals surface area contributed by atoms with E-state index >= 15 is 0 Å². The summed E-state index contributed by atoms with van der Waals surface area (Å²) in [6.45, 7) is 1.95. The van der Waals surface area contributed by atoms with Gasteiger partial charge in [0.25, 0.3) is 10.0 Å². The molecule has 0 bridgehead atoms. The van der Waals surface area contributed by atoms with Gasteiger partial charge in [0.15, 0.2) is 11.6 Å². The van der Waals surface area contributed by atoms with E-state index in [1.807, 2.05) is 37.3 Å². The van der Waals surface area contributed by atoms with Crippen LogP contribution >= 0.6 is 11.6 Å². The van der Waals surface area contributed by atoms with Crippen LogP contribution in [0.25, 0.3) is 11.0 Å². The Kier molecular flexibility index (Phi) is 5.67. The van der Waals surface area contributed by atoms with Crippen LogP contribution in [0.4, 0.5) is 17.3 Å². The Hall–Kier alpha value is -3.36. The lowest BCUT2D eigenvalue weighted by Crippen LogP contribution is -2.16. The highest BCUT2D eigenvalue weighted by Crippen LogP contribution is 2.32. The van der Waals surface area contributed by atoms with Crippen molar-refractivity contribution >= 4 is 50.0 Å². The molecule has 1 heterocycles. The molecule has 7 nitrogen and oxygen atoms in total. The molecule has 9 heteroatoms. The maximum absolute atomic E-state index is 13.0. The summed E-state index contributed by atoms with van der Waals surface area (Å²) in [7, 11) is -2.36. The molecule has 0 aliphatic rings. The van der Waals surface area contributed by atoms with Crippen molar-refractivity contribution in [2.24, 2.45) is 0 Å². The number of anilines is 3. The van der Waals surface area contributed by atoms with Gasteiger partial charge in [0.2, 0.25) is 0 Å². The molecule has 158 valence electrons. The van der Waals surface area contributed by atoms with Crippen molar-refractivity contribution in [2.75, 3.05) is 17.1 Å². The number of nitrogens with one attached hydrogen (secondary N) is 2. The molecular weight excluding hydrogens is 436 g/mol. The number of methoxy groups -OCH3 is 1. The van der Waals surface area contributed by atoms with E-state index in [4.69, 9.17) is 16.3 Å². The molecule has 3 aromatic carbocycles. The smallest absolute Gasteiger partial charge is 0.263 e. The molecule has 4 rings (SSSR count). The summed E-state index contributed by atoms with van der Waals surface area (Å²) in [5, 5.41) is 3.60. The Morgan fingerprint density at radius 3 is 2.19 bits per heavy atom. The molecule has 0 saturated heterocycles. The number of nitrogens with zero attached hydrogens (tertiary/aromatic N) is 2. The molecule has 4 aromatic rings. The average Bonchev–Trinajstić information content (AvgIpc) is 2.74. The van der Waals surface area contributed by atoms with Crippen LogP contribution in [0.2, 0.25) is 5.02 Å². The van der Waals surface area contributed by atoms with Gasteiger partial charge in [-0.3, -0.25) is 4.72 Å². The van der Waals surface area contributed by atoms with E-state index in [0.29, 0.717) is 27.5 Å². The number of aromatic nitrogens is 2. The minimum Gasteiger partial charge on any atom is -0.495 e. The third-order valence-corrected chi connectivity index (χ3v) is 6.14. The molecule has 0 aliphatic heterocycles. The van der Waals surface area contributed by atoms with E-state index in [2.05, 4.69) is 20.0 Å². The number of ether oxygens (including phenoxy) is 1. The van der Waals surface area contributed by atoms with E-state index in [1.54, 1.807) is 19.2 Å². The van der Waals surface area contributed by atoms with E-state index in [9.17, 15) is 8.42 Å². The fourth-order valence-corrected chi connectivity index (χ4v) is 4.14. The van der Waals surface area contributed by atoms with Gasteiger partial charge in [0, 0.05) is 5.02 Å². The van der Waals surface area contributed by atoms with Gasteiger partial charge in [-0.15, -0.1) is 0 Å². The Bertz CT molecular complexity index is 1360. The van der Waals surface area contributed by atoms with Gasteiger partial charge in [-0.1, -0.05) is 29.8 Å². The van der Waals surface area contributed by atoms with Gasteiger partial charge in [-0.2, -0.15) is 0 Å². The van der Waals surface area contributed by atoms with Crippen molar-refractivity contribution in [3.8, 4) is 5.75 Å². The first-order valence-corrected chi connectivity index (χ1v) is 11.2. The summed E-state index contributed by atoms with van der Waals surface area (Å²) in [6.07, 6.45) is 0. The number of aryl methyl sites for hydroxylation is 1. The highest BCUT2D eigenvalue weighted by Gasteiger charge is 2.19. The van der Waals surface area contributed by atoms with Crippen LogP contribution in [0.5, 0.6) is 5.75 Å². The van der Waals surface area contributed by atoms with E-state index in [0.717, 1.165) is 5.56 Å². The standard InChI is InChI=1S/C22H19ClN4O3S/c1-14-7-12-20(30-2)19(13-14)26-21-22(25-18-6-4-3-5-17(18)24-21)27-31(28,29)16-10-8-15(23)9-11-16/h3-13H,1-2H3,(H,24,26)(H,25,27). The van der Waals surface area contributed by atoms with Crippen LogP contribution in [0.1, 0.15) is 5.56 Å². The molecule has 0 atom stereocenters. The quantitative estimate of drug-likeness (QED) is 0.418. The molecule has 0 radical (unpaired) electrons. The summed E-state index contributed by atoms with van der Waals surface area (Å²) in [5.41, 5.74) is 2.81. The Balaban J connectivity index is 1.80. The SMILES string of the molecule is COc1ccc(C)cc1Nc1nc2ccccc2nc1NS(=O)(=O)c1ccc(Cl)cc1. The molecule has 0 aliphatic carbocycles. The molecule has 1 aromatic heterocycles. The predicted octanol–water partition coefficient (Wildman–Crippen LogP) is 5.14. The molecule has 0 unspecified atom stereocenters. The maximum atomic E-state index is 13.0. The van der Waals surface area contributed by atoms with Crippen molar-refractivity contribution in [3.05, 3.63) is 77.3 Å². The number of hydrogen-bond donors (Lipinski definition) is 2. The molecular formula is C22H19ClN4O3S. The topological polar surface area (TPSA) is 93.2 Å². The first-order valence-electron chi connectivity index (χ1n) is 9.32. The fraction of sp³-hybridized carbons (Fsp3) is 0.0909. The van der Waals surface area contributed by atoms with E-state index in [1.165, 1.54) is 24.3 Å². The summed E-state index contributed by atoms with van der Waals surface area (Å²) < 4.78 is 33.9. The summed E-state index contributed by atoms with van der Waals surface area (Å²) in [6, 6.07) is 18.7. The van der Waals surface area contributed by atoms with Crippen molar-refractivity contribution in [1.29, 1.82) is 0 Å². The number of sulfonamides is 1. The lowest BCUT2D eigenvalue weighted by atomic mass is 10.2. The minimum absolute atomic E-state index is 0.0611. The third kappa shape index (κ3) is 4.55. The van der Waals surface area contributed by atoms with Crippen molar-refractivity contribution in [1.82, 2.24) is 9.97 Å². The lowest BCUT2D eigenvalue weighted by molar-refractivity contribution is 0.416. The predicted molar refractivity (Wildman–Crippen MR) is 123 cm³/mol. The second kappa shape index (κ2) is 8.41. The molecule has 2 N–H and O–H groups in total.